The molecule has 0 aliphatic carbocycles. The number of thiazole rings is 1. The first-order valence-electron chi connectivity index (χ1n) is 7.91. The highest BCUT2D eigenvalue weighted by molar-refractivity contribution is 7.16. The molecule has 0 saturated carbocycles. The third-order valence-corrected chi connectivity index (χ3v) is 4.51. The van der Waals surface area contributed by atoms with Crippen molar-refractivity contribution in [2.75, 3.05) is 13.2 Å². The first-order valence-corrected chi connectivity index (χ1v) is 8.72. The Morgan fingerprint density at radius 3 is 2.91 bits per heavy atom. The number of hydrogen-bond donors (Lipinski definition) is 0. The van der Waals surface area contributed by atoms with E-state index in [4.69, 9.17) is 4.74 Å². The Kier molecular flexibility index (Phi) is 6.34. The minimum absolute atomic E-state index is 0.0321. The molecule has 4 nitrogen and oxygen atoms in total. The van der Waals surface area contributed by atoms with Crippen molar-refractivity contribution < 1.29 is 9.53 Å². The van der Waals surface area contributed by atoms with Gasteiger partial charge in [-0.25, -0.2) is 0 Å². The third-order valence-electron chi connectivity index (χ3n) is 3.47. The Morgan fingerprint density at radius 2 is 2.18 bits per heavy atom. The van der Waals surface area contributed by atoms with Gasteiger partial charge in [0.1, 0.15) is 0 Å². The summed E-state index contributed by atoms with van der Waals surface area (Å²) in [4.78, 5) is 17.1. The van der Waals surface area contributed by atoms with Gasteiger partial charge in [-0.15, -0.1) is 0 Å². The number of aryl methyl sites for hydroxylation is 1. The molecule has 0 aliphatic heterocycles. The number of amides is 1. The highest BCUT2D eigenvalue weighted by Crippen LogP contribution is 2.19. The molecule has 120 valence electrons. The van der Waals surface area contributed by atoms with Crippen LogP contribution in [0.5, 0.6) is 0 Å². The second kappa shape index (κ2) is 8.25. The van der Waals surface area contributed by atoms with Crippen LogP contribution in [-0.2, 0) is 16.1 Å². The molecule has 0 atom stereocenters. The van der Waals surface area contributed by atoms with E-state index in [1.807, 2.05) is 6.92 Å². The van der Waals surface area contributed by atoms with Crippen LogP contribution in [0, 0.1) is 6.92 Å². The van der Waals surface area contributed by atoms with Crippen LogP contribution in [0.15, 0.2) is 23.2 Å². The second-order valence-corrected chi connectivity index (χ2v) is 6.32. The van der Waals surface area contributed by atoms with Crippen molar-refractivity contribution in [3.63, 3.8) is 0 Å². The zero-order valence-corrected chi connectivity index (χ0v) is 14.4. The summed E-state index contributed by atoms with van der Waals surface area (Å²) in [6, 6.07) is 6.34. The lowest BCUT2D eigenvalue weighted by molar-refractivity contribution is -0.118. The first-order chi connectivity index (χ1) is 10.7. The van der Waals surface area contributed by atoms with E-state index >= 15 is 0 Å². The molecule has 0 saturated heterocycles. The van der Waals surface area contributed by atoms with E-state index < -0.39 is 0 Å². The van der Waals surface area contributed by atoms with Gasteiger partial charge in [-0.1, -0.05) is 30.7 Å². The second-order valence-electron chi connectivity index (χ2n) is 5.31. The van der Waals surface area contributed by atoms with Gasteiger partial charge in [-0.3, -0.25) is 4.79 Å². The number of aromatic nitrogens is 1. The fourth-order valence-corrected chi connectivity index (χ4v) is 3.44. The number of fused-ring (bicyclic) bond motifs is 1. The summed E-state index contributed by atoms with van der Waals surface area (Å²) in [6.45, 7) is 8.19. The quantitative estimate of drug-likeness (QED) is 0.731. The summed E-state index contributed by atoms with van der Waals surface area (Å²) in [6.07, 6.45) is 2.43. The summed E-state index contributed by atoms with van der Waals surface area (Å²) in [7, 11) is 0. The Bertz CT molecular complexity index is 700. The van der Waals surface area contributed by atoms with E-state index in [0.29, 0.717) is 19.6 Å². The van der Waals surface area contributed by atoms with Crippen LogP contribution in [0.4, 0.5) is 0 Å². The van der Waals surface area contributed by atoms with Crippen LogP contribution in [0.3, 0.4) is 0 Å². The lowest BCUT2D eigenvalue weighted by Gasteiger charge is -2.05. The minimum Gasteiger partial charge on any atom is -0.380 e. The number of ether oxygens (including phenoxy) is 1. The summed E-state index contributed by atoms with van der Waals surface area (Å²) in [5.74, 6) is -0.0321. The summed E-state index contributed by atoms with van der Waals surface area (Å²) >= 11 is 1.58. The normalized spacial score (nSPS) is 12.2. The van der Waals surface area contributed by atoms with E-state index in [1.54, 1.807) is 11.3 Å². The Hall–Kier alpha value is -1.46. The van der Waals surface area contributed by atoms with E-state index in [0.717, 1.165) is 29.7 Å². The Labute approximate surface area is 135 Å². The number of unbranched alkanes of at least 4 members (excludes halogenated alkanes) is 1. The maximum atomic E-state index is 12.0. The highest BCUT2D eigenvalue weighted by Gasteiger charge is 2.08. The molecular weight excluding hydrogens is 296 g/mol. The zero-order chi connectivity index (χ0) is 15.9. The largest absolute Gasteiger partial charge is 0.380 e. The van der Waals surface area contributed by atoms with Crippen LogP contribution in [-0.4, -0.2) is 23.7 Å². The third kappa shape index (κ3) is 4.27. The molecule has 0 N–H and O–H groups in total. The van der Waals surface area contributed by atoms with Crippen molar-refractivity contribution >= 4 is 27.5 Å². The standard InChI is InChI=1S/C17H24N2O2S/c1-4-6-7-16(20)18-17-19(10-11-21-5-2)14-9-8-13(3)12-15(14)22-17/h8-9,12H,4-7,10-11H2,1-3H3. The number of nitrogens with zero attached hydrogens (tertiary/aromatic N) is 2. The van der Waals surface area contributed by atoms with Crippen molar-refractivity contribution in [1.29, 1.82) is 0 Å². The zero-order valence-electron chi connectivity index (χ0n) is 13.6. The van der Waals surface area contributed by atoms with Gasteiger partial charge in [0.15, 0.2) is 4.80 Å². The fraction of sp³-hybridized carbons (Fsp3) is 0.529. The summed E-state index contributed by atoms with van der Waals surface area (Å²) in [5, 5.41) is 0. The van der Waals surface area contributed by atoms with Crippen molar-refractivity contribution in [2.45, 2.75) is 46.6 Å². The molecule has 0 bridgehead atoms. The molecule has 5 heteroatoms. The molecule has 0 spiro atoms. The fourth-order valence-electron chi connectivity index (χ4n) is 2.27. The average molecular weight is 320 g/mol. The molecule has 0 fully saturated rings. The maximum Gasteiger partial charge on any atom is 0.248 e. The molecule has 0 unspecified atom stereocenters. The molecule has 2 rings (SSSR count). The Morgan fingerprint density at radius 1 is 1.36 bits per heavy atom. The van der Waals surface area contributed by atoms with Gasteiger partial charge in [-0.05, 0) is 38.0 Å². The van der Waals surface area contributed by atoms with Crippen LogP contribution in [0.1, 0.15) is 38.7 Å². The minimum atomic E-state index is -0.0321. The lowest BCUT2D eigenvalue weighted by atomic mass is 10.2. The summed E-state index contributed by atoms with van der Waals surface area (Å²) < 4.78 is 8.72. The number of carbonyl (C=O) groups is 1. The Balaban J connectivity index is 2.39. The van der Waals surface area contributed by atoms with Crippen LogP contribution < -0.4 is 4.80 Å². The highest BCUT2D eigenvalue weighted by atomic mass is 32.1. The SMILES string of the molecule is CCCCC(=O)N=c1sc2cc(C)ccc2n1CCOCC. The molecule has 1 amide bonds. The predicted octanol–water partition coefficient (Wildman–Crippen LogP) is 3.67. The molecule has 1 aromatic heterocycles. The molecule has 0 radical (unpaired) electrons. The van der Waals surface area contributed by atoms with Crippen LogP contribution in [0.2, 0.25) is 0 Å². The topological polar surface area (TPSA) is 43.6 Å². The average Bonchev–Trinajstić information content (AvgIpc) is 2.82. The molecule has 1 aromatic carbocycles. The van der Waals surface area contributed by atoms with Crippen LogP contribution in [0.25, 0.3) is 10.2 Å². The van der Waals surface area contributed by atoms with Gasteiger partial charge < -0.3 is 9.30 Å². The number of benzene rings is 1. The lowest BCUT2D eigenvalue weighted by Crippen LogP contribution is -2.19. The van der Waals surface area contributed by atoms with Crippen molar-refractivity contribution in [1.82, 2.24) is 4.57 Å². The number of carbonyl (C=O) groups excluding carboxylic acids is 1. The first kappa shape index (κ1) is 16.9. The van der Waals surface area contributed by atoms with E-state index in [2.05, 4.69) is 41.6 Å². The van der Waals surface area contributed by atoms with Gasteiger partial charge in [-0.2, -0.15) is 4.99 Å². The smallest absolute Gasteiger partial charge is 0.248 e. The van der Waals surface area contributed by atoms with Gasteiger partial charge in [0, 0.05) is 19.6 Å². The van der Waals surface area contributed by atoms with Gasteiger partial charge in [0.25, 0.3) is 0 Å². The van der Waals surface area contributed by atoms with Crippen molar-refractivity contribution in [3.05, 3.63) is 28.6 Å². The van der Waals surface area contributed by atoms with Crippen molar-refractivity contribution in [2.24, 2.45) is 4.99 Å². The molecule has 22 heavy (non-hydrogen) atoms. The van der Waals surface area contributed by atoms with Crippen LogP contribution >= 0.6 is 11.3 Å². The monoisotopic (exact) mass is 320 g/mol. The molecule has 1 heterocycles. The van der Waals surface area contributed by atoms with Crippen molar-refractivity contribution in [3.8, 4) is 0 Å². The van der Waals surface area contributed by atoms with Gasteiger partial charge in [0.2, 0.25) is 5.91 Å². The van der Waals surface area contributed by atoms with Gasteiger partial charge >= 0.3 is 0 Å². The van der Waals surface area contributed by atoms with E-state index in [-0.39, 0.29) is 5.91 Å². The number of hydrogen-bond acceptors (Lipinski definition) is 3. The summed E-state index contributed by atoms with van der Waals surface area (Å²) in [5.41, 5.74) is 2.34. The maximum absolute atomic E-state index is 12.0. The predicted molar refractivity (Wildman–Crippen MR) is 91.1 cm³/mol. The van der Waals surface area contributed by atoms with E-state index in [1.165, 1.54) is 10.3 Å². The molecule has 2 aromatic rings. The van der Waals surface area contributed by atoms with Gasteiger partial charge in [0.05, 0.1) is 16.8 Å². The molecule has 0 aliphatic rings. The van der Waals surface area contributed by atoms with E-state index in [9.17, 15) is 4.79 Å². The molecular formula is C17H24N2O2S. The number of rotatable bonds is 7.